The van der Waals surface area contributed by atoms with Crippen LogP contribution in [-0.4, -0.2) is 104 Å². The zero-order chi connectivity index (χ0) is 36.2. The van der Waals surface area contributed by atoms with Crippen LogP contribution in [0.15, 0.2) is 36.4 Å². The molecule has 5 amide bonds. The quantitative estimate of drug-likeness (QED) is 0.0391. The van der Waals surface area contributed by atoms with Gasteiger partial charge in [-0.2, -0.15) is 0 Å². The standard InChI is InChI=1S/C34H49N5O10/c1-2-11-30(44)39(49)23-6-3-4-18-35-28(42)16-17-29(43)38(22-10-20-37-34(48)25-13-9-15-27(41)32(25)46)21-7-5-19-36-33(47)24-12-8-14-26(40)31(24)45/h8-9,12-15,40-41,45-46,49H,2-7,10-11,16-23H2,1H3,(H,35,42)(H,36,47)(H,37,48). The third kappa shape index (κ3) is 14.3. The van der Waals surface area contributed by atoms with Crippen molar-refractivity contribution in [3.8, 4) is 23.0 Å². The molecule has 0 aliphatic heterocycles. The van der Waals surface area contributed by atoms with Crippen molar-refractivity contribution in [2.24, 2.45) is 0 Å². The van der Waals surface area contributed by atoms with Crippen molar-refractivity contribution in [2.75, 3.05) is 39.3 Å². The second-order valence-electron chi connectivity index (χ2n) is 11.5. The van der Waals surface area contributed by atoms with Crippen LogP contribution in [0.1, 0.15) is 91.8 Å². The number of hydrogen-bond donors (Lipinski definition) is 8. The number of hydroxylamine groups is 2. The fourth-order valence-corrected chi connectivity index (χ4v) is 4.81. The summed E-state index contributed by atoms with van der Waals surface area (Å²) in [6.45, 7) is 3.47. The molecular formula is C34H49N5O10. The Balaban J connectivity index is 1.80. The average Bonchev–Trinajstić information content (AvgIpc) is 3.08. The minimum absolute atomic E-state index is 0.0255. The fourth-order valence-electron chi connectivity index (χ4n) is 4.81. The molecule has 0 aromatic heterocycles. The largest absolute Gasteiger partial charge is 0.504 e. The van der Waals surface area contributed by atoms with Gasteiger partial charge in [0.25, 0.3) is 11.8 Å². The molecule has 2 aromatic carbocycles. The summed E-state index contributed by atoms with van der Waals surface area (Å²) in [5.41, 5.74) is -0.149. The predicted molar refractivity (Wildman–Crippen MR) is 179 cm³/mol. The lowest BCUT2D eigenvalue weighted by molar-refractivity contribution is -0.165. The number of hydrogen-bond acceptors (Lipinski definition) is 10. The minimum Gasteiger partial charge on any atom is -0.504 e. The molecule has 0 aliphatic rings. The maximum atomic E-state index is 13.1. The zero-order valence-corrected chi connectivity index (χ0v) is 27.9. The average molecular weight is 688 g/mol. The number of nitrogens with one attached hydrogen (secondary N) is 3. The second-order valence-corrected chi connectivity index (χ2v) is 11.5. The van der Waals surface area contributed by atoms with Crippen molar-refractivity contribution in [1.82, 2.24) is 25.9 Å². The Morgan fingerprint density at radius 1 is 0.592 bits per heavy atom. The first-order valence-electron chi connectivity index (χ1n) is 16.6. The van der Waals surface area contributed by atoms with Crippen molar-refractivity contribution >= 4 is 29.5 Å². The van der Waals surface area contributed by atoms with E-state index in [9.17, 15) is 49.6 Å². The van der Waals surface area contributed by atoms with Gasteiger partial charge in [-0.05, 0) is 69.2 Å². The summed E-state index contributed by atoms with van der Waals surface area (Å²) >= 11 is 0. The van der Waals surface area contributed by atoms with E-state index in [2.05, 4.69) is 16.0 Å². The smallest absolute Gasteiger partial charge is 0.255 e. The molecule has 0 saturated carbocycles. The maximum absolute atomic E-state index is 13.1. The van der Waals surface area contributed by atoms with Crippen LogP contribution in [0.3, 0.4) is 0 Å². The normalized spacial score (nSPS) is 10.7. The molecule has 270 valence electrons. The number of amides is 5. The molecule has 0 fully saturated rings. The Morgan fingerprint density at radius 3 is 1.69 bits per heavy atom. The van der Waals surface area contributed by atoms with E-state index in [-0.39, 0.29) is 74.3 Å². The van der Waals surface area contributed by atoms with Crippen LogP contribution in [0.25, 0.3) is 0 Å². The van der Waals surface area contributed by atoms with Gasteiger partial charge in [-0.3, -0.25) is 29.2 Å². The van der Waals surface area contributed by atoms with E-state index in [1.807, 2.05) is 6.92 Å². The number of phenols is 4. The van der Waals surface area contributed by atoms with Crippen molar-refractivity contribution in [3.05, 3.63) is 47.5 Å². The Morgan fingerprint density at radius 2 is 1.10 bits per heavy atom. The van der Waals surface area contributed by atoms with Crippen LogP contribution in [0.2, 0.25) is 0 Å². The molecule has 0 atom stereocenters. The van der Waals surface area contributed by atoms with E-state index in [0.717, 1.165) is 5.06 Å². The van der Waals surface area contributed by atoms with Gasteiger partial charge in [-0.1, -0.05) is 19.1 Å². The molecule has 0 radical (unpaired) electrons. The summed E-state index contributed by atoms with van der Waals surface area (Å²) < 4.78 is 0. The lowest BCUT2D eigenvalue weighted by Gasteiger charge is -2.23. The Kier molecular flexibility index (Phi) is 17.8. The van der Waals surface area contributed by atoms with E-state index in [0.29, 0.717) is 58.0 Å². The molecule has 2 aromatic rings. The first kappa shape index (κ1) is 40.1. The first-order chi connectivity index (χ1) is 23.5. The van der Waals surface area contributed by atoms with Crippen LogP contribution in [0, 0.1) is 0 Å². The van der Waals surface area contributed by atoms with Gasteiger partial charge in [0.15, 0.2) is 23.0 Å². The van der Waals surface area contributed by atoms with Gasteiger partial charge in [0, 0.05) is 58.5 Å². The molecule has 0 saturated heterocycles. The number of unbranched alkanes of at least 4 members (excludes halogenated alkanes) is 3. The van der Waals surface area contributed by atoms with Gasteiger partial charge in [0.1, 0.15) is 0 Å². The number of carbonyl (C=O) groups is 5. The van der Waals surface area contributed by atoms with Gasteiger partial charge < -0.3 is 41.3 Å². The Labute approximate surface area is 285 Å². The molecule has 0 spiro atoms. The number of nitrogens with zero attached hydrogens (tertiary/aromatic N) is 2. The maximum Gasteiger partial charge on any atom is 0.255 e. The Hall–Kier alpha value is -5.05. The number of phenolic OH excluding ortho intramolecular Hbond substituents is 4. The summed E-state index contributed by atoms with van der Waals surface area (Å²) in [7, 11) is 0. The number of rotatable bonds is 22. The highest BCUT2D eigenvalue weighted by Gasteiger charge is 2.18. The van der Waals surface area contributed by atoms with Gasteiger partial charge in [0.2, 0.25) is 17.7 Å². The van der Waals surface area contributed by atoms with Gasteiger partial charge in [-0.15, -0.1) is 0 Å². The third-order valence-corrected chi connectivity index (χ3v) is 7.59. The van der Waals surface area contributed by atoms with Crippen LogP contribution < -0.4 is 16.0 Å². The SMILES string of the molecule is CCCC(=O)N(O)CCCCCNC(=O)CCC(=O)N(CCCCNC(=O)c1cccc(O)c1O)CCCNC(=O)c1cccc(O)c1O. The van der Waals surface area contributed by atoms with E-state index in [1.165, 1.54) is 36.4 Å². The summed E-state index contributed by atoms with van der Waals surface area (Å²) in [5.74, 6) is -3.88. The summed E-state index contributed by atoms with van der Waals surface area (Å²) in [5, 5.41) is 57.6. The lowest BCUT2D eigenvalue weighted by atomic mass is 10.1. The Bertz CT molecular complexity index is 1400. The summed E-state index contributed by atoms with van der Waals surface area (Å²) in [4.78, 5) is 63.5. The van der Waals surface area contributed by atoms with Crippen molar-refractivity contribution in [3.63, 3.8) is 0 Å². The number of benzene rings is 2. The highest BCUT2D eigenvalue weighted by molar-refractivity contribution is 5.98. The van der Waals surface area contributed by atoms with Gasteiger partial charge in [0.05, 0.1) is 11.1 Å². The van der Waals surface area contributed by atoms with Crippen molar-refractivity contribution < 1.29 is 49.6 Å². The van der Waals surface area contributed by atoms with E-state index in [4.69, 9.17) is 0 Å². The van der Waals surface area contributed by atoms with Gasteiger partial charge >= 0.3 is 0 Å². The molecule has 8 N–H and O–H groups in total. The van der Waals surface area contributed by atoms with Crippen LogP contribution in [0.4, 0.5) is 0 Å². The fraction of sp³-hybridized carbons (Fsp3) is 0.500. The monoisotopic (exact) mass is 687 g/mol. The van der Waals surface area contributed by atoms with Crippen molar-refractivity contribution in [1.29, 1.82) is 0 Å². The molecule has 0 unspecified atom stereocenters. The predicted octanol–water partition coefficient (Wildman–Crippen LogP) is 2.75. The highest BCUT2D eigenvalue weighted by atomic mass is 16.5. The molecule has 0 heterocycles. The topological polar surface area (TPSA) is 229 Å². The molecule has 2 rings (SSSR count). The zero-order valence-electron chi connectivity index (χ0n) is 27.9. The summed E-state index contributed by atoms with van der Waals surface area (Å²) in [6, 6.07) is 8.13. The molecule has 15 heteroatoms. The number of para-hydroxylation sites is 2. The number of carbonyl (C=O) groups excluding carboxylic acids is 5. The second kappa shape index (κ2) is 21.8. The van der Waals surface area contributed by atoms with Gasteiger partial charge in [-0.25, -0.2) is 5.06 Å². The van der Waals surface area contributed by atoms with E-state index < -0.39 is 34.8 Å². The van der Waals surface area contributed by atoms with Crippen molar-refractivity contribution in [2.45, 2.75) is 71.1 Å². The lowest BCUT2D eigenvalue weighted by Crippen LogP contribution is -2.36. The van der Waals surface area contributed by atoms with E-state index in [1.54, 1.807) is 4.90 Å². The van der Waals surface area contributed by atoms with E-state index >= 15 is 0 Å². The molecule has 15 nitrogen and oxygen atoms in total. The first-order valence-corrected chi connectivity index (χ1v) is 16.6. The minimum atomic E-state index is -0.588. The summed E-state index contributed by atoms with van der Waals surface area (Å²) in [6.07, 6.45) is 4.17. The number of aromatic hydroxyl groups is 4. The molecule has 0 bridgehead atoms. The molecule has 49 heavy (non-hydrogen) atoms. The molecular weight excluding hydrogens is 638 g/mol. The molecule has 0 aliphatic carbocycles. The third-order valence-electron chi connectivity index (χ3n) is 7.59. The van der Waals surface area contributed by atoms with Crippen LogP contribution in [0.5, 0.6) is 23.0 Å². The van der Waals surface area contributed by atoms with Crippen LogP contribution in [-0.2, 0) is 14.4 Å². The van der Waals surface area contributed by atoms with Crippen LogP contribution >= 0.6 is 0 Å². The highest BCUT2D eigenvalue weighted by Crippen LogP contribution is 2.28.